The van der Waals surface area contributed by atoms with Crippen molar-refractivity contribution in [2.45, 2.75) is 327 Å². The number of allylic oxidation sites excluding steroid dienone is 15. The lowest BCUT2D eigenvalue weighted by molar-refractivity contribution is -0.305. The zero-order chi connectivity index (χ0) is 59.6. The lowest BCUT2D eigenvalue weighted by atomic mass is 9.99. The molecule has 1 amide bonds. The van der Waals surface area contributed by atoms with Crippen molar-refractivity contribution in [3.8, 4) is 0 Å². The summed E-state index contributed by atoms with van der Waals surface area (Å²) in [5, 5.41) is 57.1. The summed E-state index contributed by atoms with van der Waals surface area (Å²) in [5.41, 5.74) is 0. The van der Waals surface area contributed by atoms with Crippen LogP contribution < -0.4 is 5.32 Å². The molecule has 0 aromatic carbocycles. The zero-order valence-corrected chi connectivity index (χ0v) is 52.3. The summed E-state index contributed by atoms with van der Waals surface area (Å²) < 4.78 is 17.6. The molecule has 0 radical (unpaired) electrons. The van der Waals surface area contributed by atoms with Gasteiger partial charge in [0.25, 0.3) is 0 Å². The van der Waals surface area contributed by atoms with Gasteiger partial charge in [0.2, 0.25) is 5.91 Å². The molecule has 472 valence electrons. The van der Waals surface area contributed by atoms with Gasteiger partial charge in [-0.1, -0.05) is 266 Å². The smallest absolute Gasteiger partial charge is 0.306 e. The first-order chi connectivity index (χ1) is 40.2. The highest BCUT2D eigenvalue weighted by Crippen LogP contribution is 2.26. The minimum Gasteiger partial charge on any atom is -0.454 e. The first-order valence-corrected chi connectivity index (χ1v) is 33.5. The molecule has 0 bridgehead atoms. The number of carbonyl (C=O) groups excluding carboxylic acids is 2. The maximum atomic E-state index is 13.4. The largest absolute Gasteiger partial charge is 0.454 e. The number of ether oxygens (including phenoxy) is 3. The quantitative estimate of drug-likeness (QED) is 0.0195. The van der Waals surface area contributed by atoms with Gasteiger partial charge in [0.05, 0.1) is 25.4 Å². The van der Waals surface area contributed by atoms with E-state index in [2.05, 4.69) is 111 Å². The van der Waals surface area contributed by atoms with E-state index in [0.29, 0.717) is 12.8 Å². The Bertz CT molecular complexity index is 1700. The van der Waals surface area contributed by atoms with Gasteiger partial charge in [0.15, 0.2) is 12.4 Å². The van der Waals surface area contributed by atoms with Crippen LogP contribution in [0.25, 0.3) is 0 Å². The van der Waals surface area contributed by atoms with E-state index in [-0.39, 0.29) is 19.4 Å². The second kappa shape index (κ2) is 58.0. The number of aliphatic hydroxyl groups is 5. The van der Waals surface area contributed by atoms with Crippen LogP contribution in [0.3, 0.4) is 0 Å². The Hall–Kier alpha value is -3.42. The summed E-state index contributed by atoms with van der Waals surface area (Å²) in [4.78, 5) is 26.6. The number of rotatable bonds is 56. The number of nitrogens with one attached hydrogen (secondary N) is 1. The summed E-state index contributed by atoms with van der Waals surface area (Å²) in [7, 11) is 0. The standard InChI is InChI=1S/C71H123NO10/c1-4-7-10-13-16-19-22-25-27-29-30-31-32-33-34-35-36-37-39-41-44-47-50-53-56-59-66(76)82-69-68(78)67(77)65(60-73)81-71(69)80-61-62(63(74)57-54-51-48-45-42-24-21-18-15-12-9-6-3)72-70(79)64(75)58-55-52-49-46-43-40-38-28-26-23-20-17-14-11-8-5-2/h7,10,16,19,25-28,30-31,33-34,36-37,54,57,62-65,67-69,71,73-75,77-78H,4-6,8-9,11-15,17-18,20-24,29,32,35,38-53,55-56,58-61H2,1-3H3,(H,72,79)/b10-7-,19-16-,27-25-,28-26+,31-30-,34-33-,37-36-,57-54+. The molecule has 8 unspecified atom stereocenters. The van der Waals surface area contributed by atoms with E-state index in [1.54, 1.807) is 6.08 Å². The van der Waals surface area contributed by atoms with Gasteiger partial charge in [-0.2, -0.15) is 0 Å². The molecular formula is C71H123NO10. The Morgan fingerprint density at radius 1 is 0.488 bits per heavy atom. The molecular weight excluding hydrogens is 1030 g/mol. The molecule has 6 N–H and O–H groups in total. The highest BCUT2D eigenvalue weighted by atomic mass is 16.7. The fourth-order valence-electron chi connectivity index (χ4n) is 9.94. The SMILES string of the molecule is CC/C=C\C/C=C\C/C=C\C/C=C\C/C=C\C/C=C\CCCCCCCCC(=O)OC1C(OCC(NC(=O)C(O)CCCCCCCC/C=C/CCCCCCCC)C(O)/C=C/CCCCCCCCCCCC)OC(CO)C(O)C1O. The fourth-order valence-corrected chi connectivity index (χ4v) is 9.94. The Morgan fingerprint density at radius 2 is 0.878 bits per heavy atom. The molecule has 11 nitrogen and oxygen atoms in total. The number of hydrogen-bond donors (Lipinski definition) is 6. The second-order valence-electron chi connectivity index (χ2n) is 22.8. The first-order valence-electron chi connectivity index (χ1n) is 33.5. The van der Waals surface area contributed by atoms with E-state index in [1.165, 1.54) is 103 Å². The Labute approximate surface area is 501 Å². The number of esters is 1. The van der Waals surface area contributed by atoms with Crippen LogP contribution in [0.1, 0.15) is 278 Å². The third kappa shape index (κ3) is 45.0. The molecule has 1 rings (SSSR count). The van der Waals surface area contributed by atoms with E-state index in [0.717, 1.165) is 128 Å². The molecule has 0 aliphatic carbocycles. The molecule has 0 aromatic heterocycles. The third-order valence-electron chi connectivity index (χ3n) is 15.2. The Morgan fingerprint density at radius 3 is 1.33 bits per heavy atom. The predicted octanol–water partition coefficient (Wildman–Crippen LogP) is 16.7. The van der Waals surface area contributed by atoms with Gasteiger partial charge in [0.1, 0.15) is 24.4 Å². The summed E-state index contributed by atoms with van der Waals surface area (Å²) in [6.07, 6.45) is 67.2. The highest BCUT2D eigenvalue weighted by Gasteiger charge is 2.47. The number of hydrogen-bond acceptors (Lipinski definition) is 10. The van der Waals surface area contributed by atoms with Crippen LogP contribution in [-0.4, -0.2) is 99.6 Å². The van der Waals surface area contributed by atoms with Crippen molar-refractivity contribution in [1.82, 2.24) is 5.32 Å². The predicted molar refractivity (Wildman–Crippen MR) is 342 cm³/mol. The highest BCUT2D eigenvalue weighted by molar-refractivity contribution is 5.80. The number of amides is 1. The first kappa shape index (κ1) is 76.6. The topological polar surface area (TPSA) is 175 Å². The summed E-state index contributed by atoms with van der Waals surface area (Å²) >= 11 is 0. The fraction of sp³-hybridized carbons (Fsp3) is 0.746. The molecule has 1 heterocycles. The minimum absolute atomic E-state index is 0.101. The molecule has 0 spiro atoms. The summed E-state index contributed by atoms with van der Waals surface area (Å²) in [6.45, 7) is 5.67. The van der Waals surface area contributed by atoms with Crippen molar-refractivity contribution in [2.75, 3.05) is 13.2 Å². The van der Waals surface area contributed by atoms with Gasteiger partial charge < -0.3 is 45.1 Å². The number of aliphatic hydroxyl groups excluding tert-OH is 5. The monoisotopic (exact) mass is 1150 g/mol. The molecule has 82 heavy (non-hydrogen) atoms. The van der Waals surface area contributed by atoms with Crippen LogP contribution in [-0.2, 0) is 23.8 Å². The van der Waals surface area contributed by atoms with Gasteiger partial charge >= 0.3 is 5.97 Å². The normalized spacial score (nSPS) is 19.2. The Kier molecular flexibility index (Phi) is 54.2. The second-order valence-corrected chi connectivity index (χ2v) is 22.8. The molecule has 1 aliphatic heterocycles. The van der Waals surface area contributed by atoms with Crippen molar-refractivity contribution < 1.29 is 49.3 Å². The van der Waals surface area contributed by atoms with Crippen LogP contribution in [0, 0.1) is 0 Å². The van der Waals surface area contributed by atoms with E-state index in [4.69, 9.17) is 14.2 Å². The van der Waals surface area contributed by atoms with Gasteiger partial charge in [-0.05, 0) is 103 Å². The average Bonchev–Trinajstić information content (AvgIpc) is 3.56. The van der Waals surface area contributed by atoms with E-state index in [9.17, 15) is 35.1 Å². The van der Waals surface area contributed by atoms with Crippen molar-refractivity contribution in [2.24, 2.45) is 0 Å². The molecule has 0 aromatic rings. The van der Waals surface area contributed by atoms with Crippen LogP contribution in [0.15, 0.2) is 97.2 Å². The van der Waals surface area contributed by atoms with Gasteiger partial charge in [-0.25, -0.2) is 0 Å². The molecule has 0 saturated carbocycles. The van der Waals surface area contributed by atoms with E-state index < -0.39 is 67.4 Å². The van der Waals surface area contributed by atoms with Gasteiger partial charge in [-0.3, -0.25) is 9.59 Å². The molecule has 8 atom stereocenters. The van der Waals surface area contributed by atoms with E-state index in [1.807, 2.05) is 6.08 Å². The maximum absolute atomic E-state index is 13.4. The molecule has 1 fully saturated rings. The van der Waals surface area contributed by atoms with Crippen LogP contribution in [0.2, 0.25) is 0 Å². The lowest BCUT2D eigenvalue weighted by Gasteiger charge is -2.41. The maximum Gasteiger partial charge on any atom is 0.306 e. The van der Waals surface area contributed by atoms with Crippen LogP contribution in [0.4, 0.5) is 0 Å². The van der Waals surface area contributed by atoms with Crippen LogP contribution in [0.5, 0.6) is 0 Å². The summed E-state index contributed by atoms with van der Waals surface area (Å²) in [6, 6.07) is -1.03. The third-order valence-corrected chi connectivity index (χ3v) is 15.2. The van der Waals surface area contributed by atoms with E-state index >= 15 is 0 Å². The molecule has 11 heteroatoms. The Balaban J connectivity index is 2.63. The average molecular weight is 1150 g/mol. The molecule has 1 aliphatic rings. The summed E-state index contributed by atoms with van der Waals surface area (Å²) in [5.74, 6) is -1.22. The van der Waals surface area contributed by atoms with Gasteiger partial charge in [0, 0.05) is 6.42 Å². The van der Waals surface area contributed by atoms with Crippen molar-refractivity contribution >= 4 is 11.9 Å². The molecule has 1 saturated heterocycles. The number of unbranched alkanes of at least 4 members (excludes halogenated alkanes) is 28. The zero-order valence-electron chi connectivity index (χ0n) is 52.3. The van der Waals surface area contributed by atoms with Crippen molar-refractivity contribution in [3.05, 3.63) is 97.2 Å². The van der Waals surface area contributed by atoms with Crippen LogP contribution >= 0.6 is 0 Å². The minimum atomic E-state index is -1.63. The lowest BCUT2D eigenvalue weighted by Crippen LogP contribution is -2.61. The van der Waals surface area contributed by atoms with Crippen molar-refractivity contribution in [1.29, 1.82) is 0 Å². The van der Waals surface area contributed by atoms with Gasteiger partial charge in [-0.15, -0.1) is 0 Å². The number of carbonyl (C=O) groups is 2. The van der Waals surface area contributed by atoms with Crippen molar-refractivity contribution in [3.63, 3.8) is 0 Å².